The molecule has 2 aromatic rings. The van der Waals surface area contributed by atoms with Gasteiger partial charge in [0, 0.05) is 38.7 Å². The molecule has 0 bridgehead atoms. The second-order valence-electron chi connectivity index (χ2n) is 4.80. The number of fused-ring (bicyclic) bond motifs is 1. The first-order valence-electron chi connectivity index (χ1n) is 6.20. The maximum absolute atomic E-state index is 12.0. The predicted octanol–water partition coefficient (Wildman–Crippen LogP) is 2.06. The van der Waals surface area contributed by atoms with E-state index in [0.717, 1.165) is 27.9 Å². The zero-order valence-corrected chi connectivity index (χ0v) is 11.0. The number of carbonyl (C=O) groups is 1. The quantitative estimate of drug-likeness (QED) is 0.891. The van der Waals surface area contributed by atoms with E-state index in [2.05, 4.69) is 16.4 Å². The highest BCUT2D eigenvalue weighted by Gasteiger charge is 2.26. The molecule has 3 rings (SSSR count). The van der Waals surface area contributed by atoms with Crippen LogP contribution in [0.5, 0.6) is 0 Å². The first-order chi connectivity index (χ1) is 9.18. The third-order valence-electron chi connectivity index (χ3n) is 3.42. The number of benzene rings is 1. The number of anilines is 1. The van der Waals surface area contributed by atoms with Gasteiger partial charge in [-0.15, -0.1) is 0 Å². The summed E-state index contributed by atoms with van der Waals surface area (Å²) in [7, 11) is 3.90. The van der Waals surface area contributed by atoms with Crippen LogP contribution in [-0.2, 0) is 6.54 Å². The van der Waals surface area contributed by atoms with E-state index in [9.17, 15) is 4.79 Å². The standard InChI is InChI=1S/C15H15N3O/c1-18(2)13-4-3-11(10-5-7-16-8-6-10)12-9-17-15(19)14(12)13/h3-8H,9H2,1-2H3,(H,17,19). The average Bonchev–Trinajstić information content (AvgIpc) is 2.81. The first-order valence-corrected chi connectivity index (χ1v) is 6.20. The number of hydrogen-bond donors (Lipinski definition) is 1. The highest BCUT2D eigenvalue weighted by atomic mass is 16.1. The SMILES string of the molecule is CN(C)c1ccc(-c2ccncc2)c2c1C(=O)NC2. The Hall–Kier alpha value is -2.36. The molecule has 0 radical (unpaired) electrons. The zero-order valence-electron chi connectivity index (χ0n) is 11.0. The molecule has 1 N–H and O–H groups in total. The Morgan fingerprint density at radius 1 is 1.16 bits per heavy atom. The molecular formula is C15H15N3O. The monoisotopic (exact) mass is 253 g/mol. The van der Waals surface area contributed by atoms with E-state index in [1.54, 1.807) is 12.4 Å². The molecule has 4 nitrogen and oxygen atoms in total. The molecule has 0 saturated carbocycles. The molecule has 0 fully saturated rings. The van der Waals surface area contributed by atoms with Crippen molar-refractivity contribution in [2.75, 3.05) is 19.0 Å². The molecule has 1 aliphatic rings. The van der Waals surface area contributed by atoms with Gasteiger partial charge in [0.1, 0.15) is 0 Å². The van der Waals surface area contributed by atoms with Gasteiger partial charge in [0.05, 0.1) is 5.56 Å². The first kappa shape index (κ1) is 11.7. The van der Waals surface area contributed by atoms with Gasteiger partial charge in [0.25, 0.3) is 5.91 Å². The Morgan fingerprint density at radius 3 is 2.58 bits per heavy atom. The summed E-state index contributed by atoms with van der Waals surface area (Å²) >= 11 is 0. The minimum absolute atomic E-state index is 0.00889. The molecular weight excluding hydrogens is 238 g/mol. The van der Waals surface area contributed by atoms with E-state index in [-0.39, 0.29) is 5.91 Å². The molecule has 1 aliphatic heterocycles. The van der Waals surface area contributed by atoms with Crippen molar-refractivity contribution < 1.29 is 4.79 Å². The van der Waals surface area contributed by atoms with Crippen LogP contribution in [0.15, 0.2) is 36.7 Å². The van der Waals surface area contributed by atoms with E-state index >= 15 is 0 Å². The van der Waals surface area contributed by atoms with Gasteiger partial charge < -0.3 is 10.2 Å². The van der Waals surface area contributed by atoms with Crippen molar-refractivity contribution in [3.8, 4) is 11.1 Å². The van der Waals surface area contributed by atoms with Crippen molar-refractivity contribution >= 4 is 11.6 Å². The van der Waals surface area contributed by atoms with Gasteiger partial charge in [-0.3, -0.25) is 9.78 Å². The van der Waals surface area contributed by atoms with Crippen LogP contribution in [0.4, 0.5) is 5.69 Å². The van der Waals surface area contributed by atoms with Crippen LogP contribution in [0.1, 0.15) is 15.9 Å². The summed E-state index contributed by atoms with van der Waals surface area (Å²) in [5.41, 5.74) is 5.01. The van der Waals surface area contributed by atoms with Gasteiger partial charge in [0.15, 0.2) is 0 Å². The molecule has 0 saturated heterocycles. The van der Waals surface area contributed by atoms with Gasteiger partial charge in [0.2, 0.25) is 0 Å². The van der Waals surface area contributed by atoms with Crippen molar-refractivity contribution in [1.29, 1.82) is 0 Å². The molecule has 1 aromatic carbocycles. The summed E-state index contributed by atoms with van der Waals surface area (Å²) in [6.45, 7) is 0.591. The van der Waals surface area contributed by atoms with Crippen molar-refractivity contribution in [3.63, 3.8) is 0 Å². The lowest BCUT2D eigenvalue weighted by Crippen LogP contribution is -2.17. The van der Waals surface area contributed by atoms with E-state index < -0.39 is 0 Å². The second-order valence-corrected chi connectivity index (χ2v) is 4.80. The van der Waals surface area contributed by atoms with E-state index in [0.29, 0.717) is 6.54 Å². The number of hydrogen-bond acceptors (Lipinski definition) is 3. The van der Waals surface area contributed by atoms with Crippen molar-refractivity contribution in [3.05, 3.63) is 47.8 Å². The minimum Gasteiger partial charge on any atom is -0.377 e. The number of amides is 1. The topological polar surface area (TPSA) is 45.2 Å². The minimum atomic E-state index is 0.00889. The lowest BCUT2D eigenvalue weighted by molar-refractivity contribution is 0.0966. The van der Waals surface area contributed by atoms with E-state index in [1.165, 1.54) is 0 Å². The van der Waals surface area contributed by atoms with E-state index in [4.69, 9.17) is 0 Å². The summed E-state index contributed by atoms with van der Waals surface area (Å²) in [5.74, 6) is 0.00889. The lowest BCUT2D eigenvalue weighted by atomic mass is 9.96. The summed E-state index contributed by atoms with van der Waals surface area (Å²) in [4.78, 5) is 18.0. The average molecular weight is 253 g/mol. The number of pyridine rings is 1. The molecule has 0 aliphatic carbocycles. The Kier molecular flexibility index (Phi) is 2.71. The maximum atomic E-state index is 12.0. The third-order valence-corrected chi connectivity index (χ3v) is 3.42. The molecule has 2 heterocycles. The second kappa shape index (κ2) is 4.39. The third kappa shape index (κ3) is 1.85. The highest BCUT2D eigenvalue weighted by molar-refractivity contribution is 6.05. The fourth-order valence-electron chi connectivity index (χ4n) is 2.50. The summed E-state index contributed by atoms with van der Waals surface area (Å²) in [6, 6.07) is 8.00. The number of aromatic nitrogens is 1. The Bertz CT molecular complexity index is 635. The van der Waals surface area contributed by atoms with Crippen LogP contribution in [0.25, 0.3) is 11.1 Å². The molecule has 4 heteroatoms. The summed E-state index contributed by atoms with van der Waals surface area (Å²) < 4.78 is 0. The number of nitrogens with zero attached hydrogens (tertiary/aromatic N) is 2. The van der Waals surface area contributed by atoms with Crippen molar-refractivity contribution in [2.45, 2.75) is 6.54 Å². The Morgan fingerprint density at radius 2 is 1.89 bits per heavy atom. The number of rotatable bonds is 2. The number of carbonyl (C=O) groups excluding carboxylic acids is 1. The van der Waals surface area contributed by atoms with Crippen LogP contribution in [0, 0.1) is 0 Å². The van der Waals surface area contributed by atoms with Crippen LogP contribution in [0.2, 0.25) is 0 Å². The van der Waals surface area contributed by atoms with Gasteiger partial charge in [-0.2, -0.15) is 0 Å². The molecule has 96 valence electrons. The predicted molar refractivity (Wildman–Crippen MR) is 75.2 cm³/mol. The van der Waals surface area contributed by atoms with Gasteiger partial charge in [-0.1, -0.05) is 6.07 Å². The van der Waals surface area contributed by atoms with E-state index in [1.807, 2.05) is 37.2 Å². The van der Waals surface area contributed by atoms with Gasteiger partial charge >= 0.3 is 0 Å². The lowest BCUT2D eigenvalue weighted by Gasteiger charge is -2.17. The fourth-order valence-corrected chi connectivity index (χ4v) is 2.50. The molecule has 0 spiro atoms. The molecule has 0 atom stereocenters. The Labute approximate surface area is 112 Å². The molecule has 1 aromatic heterocycles. The highest BCUT2D eigenvalue weighted by Crippen LogP contribution is 2.34. The molecule has 0 unspecified atom stereocenters. The van der Waals surface area contributed by atoms with Crippen LogP contribution < -0.4 is 10.2 Å². The molecule has 19 heavy (non-hydrogen) atoms. The van der Waals surface area contributed by atoms with Crippen LogP contribution in [0.3, 0.4) is 0 Å². The molecule has 1 amide bonds. The summed E-state index contributed by atoms with van der Waals surface area (Å²) in [6.07, 6.45) is 3.54. The van der Waals surface area contributed by atoms with Crippen molar-refractivity contribution in [1.82, 2.24) is 10.3 Å². The smallest absolute Gasteiger partial charge is 0.254 e. The van der Waals surface area contributed by atoms with Crippen LogP contribution in [-0.4, -0.2) is 25.0 Å². The van der Waals surface area contributed by atoms with Gasteiger partial charge in [-0.25, -0.2) is 0 Å². The Balaban J connectivity index is 2.23. The fraction of sp³-hybridized carbons (Fsp3) is 0.200. The number of nitrogens with one attached hydrogen (secondary N) is 1. The van der Waals surface area contributed by atoms with Gasteiger partial charge in [-0.05, 0) is 34.9 Å². The maximum Gasteiger partial charge on any atom is 0.254 e. The largest absolute Gasteiger partial charge is 0.377 e. The van der Waals surface area contributed by atoms with Crippen molar-refractivity contribution in [2.24, 2.45) is 0 Å². The summed E-state index contributed by atoms with van der Waals surface area (Å²) in [5, 5.41) is 2.91. The zero-order chi connectivity index (χ0) is 13.4. The van der Waals surface area contributed by atoms with Crippen LogP contribution >= 0.6 is 0 Å². The normalized spacial score (nSPS) is 13.1.